The zero-order valence-corrected chi connectivity index (χ0v) is 14.7. The van der Waals surface area contributed by atoms with Gasteiger partial charge in [0.05, 0.1) is 0 Å². The Morgan fingerprint density at radius 2 is 2.00 bits per heavy atom. The quantitative estimate of drug-likeness (QED) is 0.677. The van der Waals surface area contributed by atoms with E-state index in [0.29, 0.717) is 5.41 Å². The standard InChI is InChI=1S/C17H26BrNS/c18-15-7-13-20-16(15)6-10-17(8-2-1-3-9-17)11-12-19-14-4-5-14/h7,13-14,19H,1-6,8-12H2. The van der Waals surface area contributed by atoms with Crippen LogP contribution >= 0.6 is 27.3 Å². The maximum absolute atomic E-state index is 3.73. The summed E-state index contributed by atoms with van der Waals surface area (Å²) in [6.07, 6.45) is 14.2. The first-order chi connectivity index (χ1) is 9.77. The van der Waals surface area contributed by atoms with Crippen molar-refractivity contribution in [3.63, 3.8) is 0 Å². The Balaban J connectivity index is 1.54. The third kappa shape index (κ3) is 4.08. The highest BCUT2D eigenvalue weighted by molar-refractivity contribution is 9.10. The van der Waals surface area contributed by atoms with Crippen molar-refractivity contribution in [1.29, 1.82) is 0 Å². The van der Waals surface area contributed by atoms with Crippen LogP contribution in [0, 0.1) is 5.41 Å². The van der Waals surface area contributed by atoms with Gasteiger partial charge < -0.3 is 5.32 Å². The third-order valence-corrected chi connectivity index (χ3v) is 7.14. The Morgan fingerprint density at radius 1 is 1.20 bits per heavy atom. The summed E-state index contributed by atoms with van der Waals surface area (Å²) in [4.78, 5) is 1.55. The highest BCUT2D eigenvalue weighted by Crippen LogP contribution is 2.43. The van der Waals surface area contributed by atoms with E-state index in [2.05, 4.69) is 32.7 Å². The number of thiophene rings is 1. The fraction of sp³-hybridized carbons (Fsp3) is 0.765. The molecule has 0 radical (unpaired) electrons. The number of rotatable bonds is 7. The molecule has 0 unspecified atom stereocenters. The van der Waals surface area contributed by atoms with Crippen LogP contribution in [-0.2, 0) is 6.42 Å². The smallest absolute Gasteiger partial charge is 0.0314 e. The van der Waals surface area contributed by atoms with E-state index in [1.54, 1.807) is 4.88 Å². The highest BCUT2D eigenvalue weighted by Gasteiger charge is 2.32. The predicted molar refractivity (Wildman–Crippen MR) is 91.5 cm³/mol. The van der Waals surface area contributed by atoms with Gasteiger partial charge in [0.25, 0.3) is 0 Å². The van der Waals surface area contributed by atoms with Crippen molar-refractivity contribution < 1.29 is 0 Å². The van der Waals surface area contributed by atoms with Crippen molar-refractivity contribution in [3.05, 3.63) is 20.8 Å². The molecule has 112 valence electrons. The van der Waals surface area contributed by atoms with E-state index < -0.39 is 0 Å². The molecule has 1 aromatic rings. The molecule has 2 aliphatic rings. The van der Waals surface area contributed by atoms with Gasteiger partial charge >= 0.3 is 0 Å². The number of nitrogens with one attached hydrogen (secondary N) is 1. The van der Waals surface area contributed by atoms with E-state index in [1.807, 2.05) is 11.3 Å². The molecular weight excluding hydrogens is 330 g/mol. The zero-order chi connectivity index (χ0) is 13.8. The van der Waals surface area contributed by atoms with Gasteiger partial charge in [-0.1, -0.05) is 19.3 Å². The van der Waals surface area contributed by atoms with E-state index in [0.717, 1.165) is 6.04 Å². The number of hydrogen-bond acceptors (Lipinski definition) is 2. The maximum atomic E-state index is 3.73. The van der Waals surface area contributed by atoms with Gasteiger partial charge in [-0.15, -0.1) is 11.3 Å². The van der Waals surface area contributed by atoms with Crippen LogP contribution in [0.2, 0.25) is 0 Å². The molecule has 2 aliphatic carbocycles. The molecule has 1 nitrogen and oxygen atoms in total. The lowest BCUT2D eigenvalue weighted by atomic mass is 9.69. The van der Waals surface area contributed by atoms with Crippen LogP contribution in [0.3, 0.4) is 0 Å². The van der Waals surface area contributed by atoms with Crippen molar-refractivity contribution in [2.24, 2.45) is 5.41 Å². The van der Waals surface area contributed by atoms with Gasteiger partial charge in [0, 0.05) is 15.4 Å². The maximum Gasteiger partial charge on any atom is 0.0314 e. The summed E-state index contributed by atoms with van der Waals surface area (Å²) in [5, 5.41) is 5.94. The SMILES string of the molecule is Brc1ccsc1CCC1(CCNC2CC2)CCCCC1. The van der Waals surface area contributed by atoms with E-state index >= 15 is 0 Å². The van der Waals surface area contributed by atoms with E-state index in [-0.39, 0.29) is 0 Å². The summed E-state index contributed by atoms with van der Waals surface area (Å²) in [5.41, 5.74) is 0.629. The third-order valence-electron chi connectivity index (χ3n) is 5.15. The molecule has 0 spiro atoms. The van der Waals surface area contributed by atoms with Crippen LogP contribution in [0.4, 0.5) is 0 Å². The Hall–Kier alpha value is 0.140. The van der Waals surface area contributed by atoms with Crippen LogP contribution in [0.25, 0.3) is 0 Å². The molecule has 3 heteroatoms. The predicted octanol–water partition coefficient (Wildman–Crippen LogP) is 5.54. The molecule has 0 aromatic carbocycles. The summed E-state index contributed by atoms with van der Waals surface area (Å²) in [6.45, 7) is 1.25. The Morgan fingerprint density at radius 3 is 2.65 bits per heavy atom. The minimum Gasteiger partial charge on any atom is -0.314 e. The van der Waals surface area contributed by atoms with Crippen LogP contribution in [0.15, 0.2) is 15.9 Å². The van der Waals surface area contributed by atoms with E-state index in [9.17, 15) is 0 Å². The summed E-state index contributed by atoms with van der Waals surface area (Å²) in [6, 6.07) is 3.06. The van der Waals surface area contributed by atoms with Crippen molar-refractivity contribution in [1.82, 2.24) is 5.32 Å². The molecule has 1 N–H and O–H groups in total. The van der Waals surface area contributed by atoms with Crippen molar-refractivity contribution in [2.45, 2.75) is 70.3 Å². The fourth-order valence-electron chi connectivity index (χ4n) is 3.64. The molecule has 2 saturated carbocycles. The number of hydrogen-bond donors (Lipinski definition) is 1. The second-order valence-electron chi connectivity index (χ2n) is 6.73. The molecule has 1 heterocycles. The second kappa shape index (κ2) is 6.93. The first kappa shape index (κ1) is 15.1. The van der Waals surface area contributed by atoms with E-state index in [1.165, 1.54) is 75.2 Å². The molecule has 0 bridgehead atoms. The molecule has 1 aromatic heterocycles. The normalized spacial score (nSPS) is 22.1. The van der Waals surface area contributed by atoms with Crippen molar-refractivity contribution in [2.75, 3.05) is 6.54 Å². The van der Waals surface area contributed by atoms with Crippen LogP contribution in [0.1, 0.15) is 62.7 Å². The van der Waals surface area contributed by atoms with Gasteiger partial charge in [-0.05, 0) is 84.3 Å². The fourth-order valence-corrected chi connectivity index (χ4v) is 5.19. The number of aryl methyl sites for hydroxylation is 1. The van der Waals surface area contributed by atoms with Gasteiger partial charge in [0.1, 0.15) is 0 Å². The molecular formula is C17H26BrNS. The average molecular weight is 356 g/mol. The molecule has 3 rings (SSSR count). The number of halogens is 1. The van der Waals surface area contributed by atoms with Crippen LogP contribution < -0.4 is 5.32 Å². The first-order valence-corrected chi connectivity index (χ1v) is 9.90. The van der Waals surface area contributed by atoms with Crippen LogP contribution in [-0.4, -0.2) is 12.6 Å². The second-order valence-corrected chi connectivity index (χ2v) is 8.59. The van der Waals surface area contributed by atoms with Crippen LogP contribution in [0.5, 0.6) is 0 Å². The Bertz CT molecular complexity index is 418. The highest BCUT2D eigenvalue weighted by atomic mass is 79.9. The lowest BCUT2D eigenvalue weighted by Crippen LogP contribution is -2.30. The average Bonchev–Trinajstić information content (AvgIpc) is 3.19. The molecule has 0 aliphatic heterocycles. The Kier molecular flexibility index (Phi) is 5.22. The summed E-state index contributed by atoms with van der Waals surface area (Å²) < 4.78 is 1.32. The molecule has 0 amide bonds. The van der Waals surface area contributed by atoms with Crippen molar-refractivity contribution >= 4 is 27.3 Å². The summed E-state index contributed by atoms with van der Waals surface area (Å²) >= 11 is 5.60. The van der Waals surface area contributed by atoms with Gasteiger partial charge in [0.2, 0.25) is 0 Å². The van der Waals surface area contributed by atoms with Gasteiger partial charge in [0.15, 0.2) is 0 Å². The lowest BCUT2D eigenvalue weighted by Gasteiger charge is -2.38. The minimum atomic E-state index is 0.629. The first-order valence-electron chi connectivity index (χ1n) is 8.23. The van der Waals surface area contributed by atoms with E-state index in [4.69, 9.17) is 0 Å². The van der Waals surface area contributed by atoms with Gasteiger partial charge in [-0.25, -0.2) is 0 Å². The monoisotopic (exact) mass is 355 g/mol. The van der Waals surface area contributed by atoms with Crippen molar-refractivity contribution in [3.8, 4) is 0 Å². The van der Waals surface area contributed by atoms with Gasteiger partial charge in [-0.2, -0.15) is 0 Å². The lowest BCUT2D eigenvalue weighted by molar-refractivity contribution is 0.156. The zero-order valence-electron chi connectivity index (χ0n) is 12.3. The molecule has 0 saturated heterocycles. The minimum absolute atomic E-state index is 0.629. The molecule has 0 atom stereocenters. The largest absolute Gasteiger partial charge is 0.314 e. The topological polar surface area (TPSA) is 12.0 Å². The molecule has 20 heavy (non-hydrogen) atoms. The summed E-state index contributed by atoms with van der Waals surface area (Å²) in [5.74, 6) is 0. The van der Waals surface area contributed by atoms with Gasteiger partial charge in [-0.3, -0.25) is 0 Å². The summed E-state index contributed by atoms with van der Waals surface area (Å²) in [7, 11) is 0. The molecule has 2 fully saturated rings. The Labute approximate surface area is 135 Å².